The molecule has 1 heterocycles. The molecular weight excluding hydrogens is 196 g/mol. The smallest absolute Gasteiger partial charge is 0.185 e. The van der Waals surface area contributed by atoms with E-state index in [0.29, 0.717) is 16.6 Å². The van der Waals surface area contributed by atoms with Gasteiger partial charge >= 0.3 is 0 Å². The molecule has 14 heavy (non-hydrogen) atoms. The fourth-order valence-electron chi connectivity index (χ4n) is 0.923. The Hall–Kier alpha value is -1.28. The summed E-state index contributed by atoms with van der Waals surface area (Å²) in [7, 11) is 1.80. The van der Waals surface area contributed by atoms with Crippen LogP contribution in [0.5, 0.6) is 0 Å². The molecule has 0 atom stereocenters. The third kappa shape index (κ3) is 2.60. The molecule has 0 saturated carbocycles. The highest BCUT2D eigenvalue weighted by Gasteiger charge is 2.09. The van der Waals surface area contributed by atoms with Crippen LogP contribution >= 0.6 is 11.3 Å². The highest BCUT2D eigenvalue weighted by Crippen LogP contribution is 2.25. The molecule has 1 aromatic heterocycles. The van der Waals surface area contributed by atoms with Crippen molar-refractivity contribution < 1.29 is 0 Å². The number of aromatic nitrogens is 1. The lowest BCUT2D eigenvalue weighted by Gasteiger charge is -2.05. The highest BCUT2D eigenvalue weighted by atomic mass is 32.1. The van der Waals surface area contributed by atoms with E-state index in [1.807, 2.05) is 0 Å². The molecule has 1 aromatic rings. The number of hydrogen-bond donors (Lipinski definition) is 2. The van der Waals surface area contributed by atoms with Gasteiger partial charge in [0, 0.05) is 13.6 Å². The summed E-state index contributed by atoms with van der Waals surface area (Å²) in [6.45, 7) is 5.07. The van der Waals surface area contributed by atoms with Crippen molar-refractivity contribution in [1.82, 2.24) is 4.98 Å². The predicted octanol–water partition coefficient (Wildman–Crippen LogP) is 2.12. The molecule has 0 aromatic carbocycles. The Balaban J connectivity index is 2.75. The molecule has 0 saturated heterocycles. The predicted molar refractivity (Wildman–Crippen MR) is 59.7 cm³/mol. The van der Waals surface area contributed by atoms with E-state index in [9.17, 15) is 0 Å². The second-order valence-electron chi connectivity index (χ2n) is 3.33. The van der Waals surface area contributed by atoms with Crippen LogP contribution in [0.4, 0.5) is 10.9 Å². The number of anilines is 2. The highest BCUT2D eigenvalue weighted by molar-refractivity contribution is 7.16. The fourth-order valence-corrected chi connectivity index (χ4v) is 1.62. The van der Waals surface area contributed by atoms with Crippen molar-refractivity contribution >= 4 is 22.3 Å². The fraction of sp³-hybridized carbons (Fsp3) is 0.556. The molecule has 0 fully saturated rings. The maximum absolute atomic E-state index is 8.85. The number of nitrogens with one attached hydrogen (secondary N) is 2. The van der Waals surface area contributed by atoms with Crippen LogP contribution < -0.4 is 10.6 Å². The van der Waals surface area contributed by atoms with Crippen LogP contribution in [0.15, 0.2) is 0 Å². The second-order valence-corrected chi connectivity index (χ2v) is 4.33. The number of rotatable bonds is 4. The number of thiazole rings is 1. The molecule has 0 amide bonds. The molecule has 1 rings (SSSR count). The Labute approximate surface area is 88.0 Å². The first-order chi connectivity index (χ1) is 6.67. The van der Waals surface area contributed by atoms with E-state index in [2.05, 4.69) is 35.5 Å². The van der Waals surface area contributed by atoms with Crippen molar-refractivity contribution in [2.75, 3.05) is 24.2 Å². The molecule has 0 aliphatic carbocycles. The van der Waals surface area contributed by atoms with E-state index in [-0.39, 0.29) is 0 Å². The van der Waals surface area contributed by atoms with Gasteiger partial charge in [-0.2, -0.15) is 5.26 Å². The Morgan fingerprint density at radius 3 is 2.79 bits per heavy atom. The molecule has 0 aliphatic rings. The average molecular weight is 210 g/mol. The number of nitrogens with zero attached hydrogens (tertiary/aromatic N) is 2. The molecule has 0 aliphatic heterocycles. The van der Waals surface area contributed by atoms with E-state index in [0.717, 1.165) is 11.7 Å². The van der Waals surface area contributed by atoms with Gasteiger partial charge in [0.1, 0.15) is 6.07 Å². The minimum atomic E-state index is 0.543. The summed E-state index contributed by atoms with van der Waals surface area (Å²) >= 11 is 1.37. The standard InChI is InChI=1S/C9H14N4S/c1-6(2)5-12-8-7(4-10)14-9(11-3)13-8/h6,12H,5H2,1-3H3,(H,11,13). The monoisotopic (exact) mass is 210 g/mol. The van der Waals surface area contributed by atoms with E-state index >= 15 is 0 Å². The van der Waals surface area contributed by atoms with E-state index < -0.39 is 0 Å². The third-order valence-corrected chi connectivity index (χ3v) is 2.60. The van der Waals surface area contributed by atoms with E-state index in [4.69, 9.17) is 5.26 Å². The molecule has 4 nitrogen and oxygen atoms in total. The lowest BCUT2D eigenvalue weighted by molar-refractivity contribution is 0.687. The van der Waals surface area contributed by atoms with Crippen LogP contribution in [0, 0.1) is 17.2 Å². The molecule has 0 radical (unpaired) electrons. The van der Waals surface area contributed by atoms with Crippen molar-refractivity contribution in [2.24, 2.45) is 5.92 Å². The van der Waals surface area contributed by atoms with Gasteiger partial charge in [-0.25, -0.2) is 4.98 Å². The van der Waals surface area contributed by atoms with Gasteiger partial charge in [0.15, 0.2) is 15.8 Å². The maximum atomic E-state index is 8.85. The van der Waals surface area contributed by atoms with Crippen molar-refractivity contribution in [2.45, 2.75) is 13.8 Å². The average Bonchev–Trinajstić information content (AvgIpc) is 2.57. The molecule has 76 valence electrons. The minimum absolute atomic E-state index is 0.543. The molecule has 0 spiro atoms. The molecule has 2 N–H and O–H groups in total. The van der Waals surface area contributed by atoms with E-state index in [1.165, 1.54) is 11.3 Å². The van der Waals surface area contributed by atoms with Crippen LogP contribution in [0.1, 0.15) is 18.7 Å². The van der Waals surface area contributed by atoms with Crippen molar-refractivity contribution in [1.29, 1.82) is 5.26 Å². The zero-order valence-corrected chi connectivity index (χ0v) is 9.40. The Kier molecular flexibility index (Phi) is 3.72. The second kappa shape index (κ2) is 4.82. The molecule has 0 bridgehead atoms. The summed E-state index contributed by atoms with van der Waals surface area (Å²) in [6.07, 6.45) is 0. The van der Waals surface area contributed by atoms with Gasteiger partial charge in [0.05, 0.1) is 0 Å². The quantitative estimate of drug-likeness (QED) is 0.799. The van der Waals surface area contributed by atoms with Crippen molar-refractivity contribution in [3.63, 3.8) is 0 Å². The van der Waals surface area contributed by atoms with Gasteiger partial charge in [0.25, 0.3) is 0 Å². The van der Waals surface area contributed by atoms with Gasteiger partial charge in [0.2, 0.25) is 0 Å². The molecule has 0 unspecified atom stereocenters. The summed E-state index contributed by atoms with van der Waals surface area (Å²) < 4.78 is 0. The van der Waals surface area contributed by atoms with Crippen LogP contribution in [-0.2, 0) is 0 Å². The third-order valence-electron chi connectivity index (χ3n) is 1.62. The summed E-state index contributed by atoms with van der Waals surface area (Å²) in [4.78, 5) is 4.88. The maximum Gasteiger partial charge on any atom is 0.185 e. The van der Waals surface area contributed by atoms with Crippen LogP contribution in [0.2, 0.25) is 0 Å². The number of hydrogen-bond acceptors (Lipinski definition) is 5. The lowest BCUT2D eigenvalue weighted by Crippen LogP contribution is -2.08. The largest absolute Gasteiger partial charge is 0.368 e. The van der Waals surface area contributed by atoms with Gasteiger partial charge in [-0.15, -0.1) is 0 Å². The van der Waals surface area contributed by atoms with Crippen molar-refractivity contribution in [3.8, 4) is 6.07 Å². The van der Waals surface area contributed by atoms with Crippen LogP contribution in [-0.4, -0.2) is 18.6 Å². The van der Waals surface area contributed by atoms with Gasteiger partial charge in [-0.3, -0.25) is 0 Å². The first kappa shape index (κ1) is 10.8. The lowest BCUT2D eigenvalue weighted by atomic mass is 10.2. The molecule has 5 heteroatoms. The summed E-state index contributed by atoms with van der Waals surface area (Å²) in [5, 5.41) is 15.7. The first-order valence-electron chi connectivity index (χ1n) is 4.50. The topological polar surface area (TPSA) is 60.7 Å². The summed E-state index contributed by atoms with van der Waals surface area (Å²) in [5.41, 5.74) is 0. The first-order valence-corrected chi connectivity index (χ1v) is 5.31. The zero-order chi connectivity index (χ0) is 10.6. The Morgan fingerprint density at radius 2 is 2.29 bits per heavy atom. The zero-order valence-electron chi connectivity index (χ0n) is 8.59. The van der Waals surface area contributed by atoms with Crippen molar-refractivity contribution in [3.05, 3.63) is 4.88 Å². The SMILES string of the molecule is CNc1nc(NCC(C)C)c(C#N)s1. The number of nitriles is 1. The Bertz CT molecular complexity index is 337. The molecular formula is C9H14N4S. The van der Waals surface area contributed by atoms with Crippen LogP contribution in [0.3, 0.4) is 0 Å². The van der Waals surface area contributed by atoms with E-state index in [1.54, 1.807) is 7.05 Å². The summed E-state index contributed by atoms with van der Waals surface area (Å²) in [6, 6.07) is 2.13. The van der Waals surface area contributed by atoms with Crippen LogP contribution in [0.25, 0.3) is 0 Å². The van der Waals surface area contributed by atoms with Gasteiger partial charge < -0.3 is 10.6 Å². The summed E-state index contributed by atoms with van der Waals surface area (Å²) in [5.74, 6) is 1.23. The normalized spacial score (nSPS) is 9.93. The van der Waals surface area contributed by atoms with Gasteiger partial charge in [-0.1, -0.05) is 25.2 Å². The Morgan fingerprint density at radius 1 is 1.57 bits per heavy atom. The van der Waals surface area contributed by atoms with Gasteiger partial charge in [-0.05, 0) is 5.92 Å². The minimum Gasteiger partial charge on any atom is -0.368 e.